The summed E-state index contributed by atoms with van der Waals surface area (Å²) in [6.45, 7) is 9.30. The van der Waals surface area contributed by atoms with Crippen LogP contribution in [0.5, 0.6) is 0 Å². The first-order valence-corrected chi connectivity index (χ1v) is 17.1. The van der Waals surface area contributed by atoms with Gasteiger partial charge in [-0.05, 0) is 83.0 Å². The standard InChI is InChI=1S/C37H48N6O5/c1-37(2,3)47-36(46)42-17-14-27(28(24-42)20-29-22-31(48-39-29)25-40(4)23-26-10-6-5-7-11-26)21-34(44)41-18-15-30(16-19-41)43-33-13-9-8-12-32(33)38-35(43)45/h5-13,22,27-28,30H,14-21,23-25H2,1-4H3,(H,38,45). The van der Waals surface area contributed by atoms with Crippen molar-refractivity contribution < 1.29 is 18.8 Å². The lowest BCUT2D eigenvalue weighted by atomic mass is 9.80. The average Bonchev–Trinajstić information content (AvgIpc) is 3.63. The van der Waals surface area contributed by atoms with Gasteiger partial charge in [-0.15, -0.1) is 0 Å². The molecule has 48 heavy (non-hydrogen) atoms. The summed E-state index contributed by atoms with van der Waals surface area (Å²) in [4.78, 5) is 48.4. The molecular formula is C37H48N6O5. The van der Waals surface area contributed by atoms with E-state index >= 15 is 0 Å². The van der Waals surface area contributed by atoms with Gasteiger partial charge in [-0.3, -0.25) is 14.3 Å². The van der Waals surface area contributed by atoms with Crippen LogP contribution in [0.25, 0.3) is 11.0 Å². The number of nitrogens with one attached hydrogen (secondary N) is 1. The summed E-state index contributed by atoms with van der Waals surface area (Å²) in [6.07, 6.45) is 2.86. The molecule has 256 valence electrons. The van der Waals surface area contributed by atoms with Crippen molar-refractivity contribution in [2.45, 2.75) is 77.6 Å². The number of carbonyl (C=O) groups excluding carboxylic acids is 2. The molecule has 1 N–H and O–H groups in total. The van der Waals surface area contributed by atoms with Crippen LogP contribution in [0.1, 0.15) is 69.5 Å². The van der Waals surface area contributed by atoms with Gasteiger partial charge in [-0.1, -0.05) is 47.6 Å². The van der Waals surface area contributed by atoms with Crippen LogP contribution in [0.3, 0.4) is 0 Å². The number of hydrogen-bond donors (Lipinski definition) is 1. The first-order chi connectivity index (χ1) is 23.0. The van der Waals surface area contributed by atoms with E-state index in [1.807, 2.05) is 78.8 Å². The highest BCUT2D eigenvalue weighted by Crippen LogP contribution is 2.32. The molecule has 4 aromatic rings. The maximum absolute atomic E-state index is 13.7. The van der Waals surface area contributed by atoms with Crippen molar-refractivity contribution in [3.8, 4) is 0 Å². The second kappa shape index (κ2) is 14.4. The van der Waals surface area contributed by atoms with Crippen LogP contribution < -0.4 is 5.69 Å². The third kappa shape index (κ3) is 8.18. The highest BCUT2D eigenvalue weighted by molar-refractivity contribution is 5.77. The van der Waals surface area contributed by atoms with Crippen LogP contribution in [-0.4, -0.2) is 80.2 Å². The third-order valence-corrected chi connectivity index (χ3v) is 9.59. The van der Waals surface area contributed by atoms with Crippen molar-refractivity contribution in [3.05, 3.63) is 88.2 Å². The summed E-state index contributed by atoms with van der Waals surface area (Å²) in [5.41, 5.74) is 3.12. The number of imidazole rings is 1. The van der Waals surface area contributed by atoms with Gasteiger partial charge in [0.25, 0.3) is 0 Å². The molecule has 2 amide bonds. The molecule has 2 aliphatic heterocycles. The summed E-state index contributed by atoms with van der Waals surface area (Å²) in [6, 6.07) is 20.1. The van der Waals surface area contributed by atoms with E-state index in [9.17, 15) is 14.4 Å². The maximum Gasteiger partial charge on any atom is 0.410 e. The number of piperidine rings is 2. The largest absolute Gasteiger partial charge is 0.444 e. The number of amides is 2. The second-order valence-corrected chi connectivity index (χ2v) is 14.5. The number of rotatable bonds is 9. The van der Waals surface area contributed by atoms with Crippen LogP contribution in [0, 0.1) is 11.8 Å². The molecule has 2 saturated heterocycles. The molecule has 11 nitrogen and oxygen atoms in total. The van der Waals surface area contributed by atoms with E-state index in [-0.39, 0.29) is 35.6 Å². The van der Waals surface area contributed by atoms with Gasteiger partial charge in [0.2, 0.25) is 5.91 Å². The van der Waals surface area contributed by atoms with E-state index in [0.29, 0.717) is 52.0 Å². The fraction of sp³-hybridized carbons (Fsp3) is 0.514. The summed E-state index contributed by atoms with van der Waals surface area (Å²) < 4.78 is 13.3. The Kier molecular flexibility index (Phi) is 10.1. The number of para-hydroxylation sites is 2. The normalized spacial score (nSPS) is 19.3. The molecule has 2 fully saturated rings. The van der Waals surface area contributed by atoms with E-state index in [1.165, 1.54) is 5.56 Å². The molecule has 0 saturated carbocycles. The first kappa shape index (κ1) is 33.5. The predicted octanol–water partition coefficient (Wildman–Crippen LogP) is 5.62. The van der Waals surface area contributed by atoms with Crippen molar-refractivity contribution in [1.82, 2.24) is 29.4 Å². The molecule has 4 heterocycles. The Hall–Kier alpha value is -4.38. The number of aromatic amines is 1. The third-order valence-electron chi connectivity index (χ3n) is 9.59. The molecule has 0 aliphatic carbocycles. The van der Waals surface area contributed by atoms with Crippen molar-refractivity contribution in [1.29, 1.82) is 0 Å². The van der Waals surface area contributed by atoms with Gasteiger partial charge in [0.1, 0.15) is 5.60 Å². The maximum atomic E-state index is 13.7. The van der Waals surface area contributed by atoms with Crippen LogP contribution in [0.2, 0.25) is 0 Å². The van der Waals surface area contributed by atoms with E-state index in [0.717, 1.165) is 41.9 Å². The lowest BCUT2D eigenvalue weighted by Crippen LogP contribution is -2.48. The SMILES string of the molecule is CN(Cc1ccccc1)Cc1cc(CC2CN(C(=O)OC(C)(C)C)CCC2CC(=O)N2CCC(n3c(=O)[nH]c4ccccc43)CC2)no1. The van der Waals surface area contributed by atoms with E-state index in [4.69, 9.17) is 9.26 Å². The Balaban J connectivity index is 1.09. The molecule has 11 heteroatoms. The number of hydrogen-bond acceptors (Lipinski definition) is 7. The predicted molar refractivity (Wildman–Crippen MR) is 183 cm³/mol. The summed E-state index contributed by atoms with van der Waals surface area (Å²) >= 11 is 0. The topological polar surface area (TPSA) is 117 Å². The van der Waals surface area contributed by atoms with Gasteiger partial charge in [0.05, 0.1) is 23.3 Å². The Morgan fingerprint density at radius 2 is 1.67 bits per heavy atom. The monoisotopic (exact) mass is 656 g/mol. The number of aromatic nitrogens is 3. The minimum Gasteiger partial charge on any atom is -0.444 e. The zero-order valence-corrected chi connectivity index (χ0v) is 28.6. The van der Waals surface area contributed by atoms with Crippen LogP contribution in [0.15, 0.2) is 70.0 Å². The van der Waals surface area contributed by atoms with E-state index < -0.39 is 5.60 Å². The fourth-order valence-electron chi connectivity index (χ4n) is 7.25. The van der Waals surface area contributed by atoms with Gasteiger partial charge in [-0.25, -0.2) is 9.59 Å². The van der Waals surface area contributed by atoms with Gasteiger partial charge >= 0.3 is 11.8 Å². The number of benzene rings is 2. The minimum atomic E-state index is -0.587. The Labute approximate surface area is 281 Å². The molecule has 0 radical (unpaired) electrons. The number of carbonyl (C=O) groups is 2. The zero-order valence-electron chi connectivity index (χ0n) is 28.6. The minimum absolute atomic E-state index is 0.0255. The van der Waals surface area contributed by atoms with E-state index in [2.05, 4.69) is 34.2 Å². The molecule has 2 aromatic carbocycles. The number of ether oxygens (including phenoxy) is 1. The number of nitrogens with zero attached hydrogens (tertiary/aromatic N) is 5. The molecule has 0 spiro atoms. The number of fused-ring (bicyclic) bond motifs is 1. The average molecular weight is 657 g/mol. The van der Waals surface area contributed by atoms with Crippen molar-refractivity contribution in [2.24, 2.45) is 11.8 Å². The van der Waals surface area contributed by atoms with Gasteiger partial charge in [0, 0.05) is 51.3 Å². The summed E-state index contributed by atoms with van der Waals surface area (Å²) in [5, 5.41) is 4.40. The molecule has 2 unspecified atom stereocenters. The fourth-order valence-corrected chi connectivity index (χ4v) is 7.25. The number of likely N-dealkylation sites (tertiary alicyclic amines) is 2. The molecule has 2 atom stereocenters. The lowest BCUT2D eigenvalue weighted by Gasteiger charge is -2.40. The van der Waals surface area contributed by atoms with Crippen LogP contribution >= 0.6 is 0 Å². The van der Waals surface area contributed by atoms with E-state index in [1.54, 1.807) is 4.90 Å². The summed E-state index contributed by atoms with van der Waals surface area (Å²) in [7, 11) is 2.05. The van der Waals surface area contributed by atoms with Crippen molar-refractivity contribution in [3.63, 3.8) is 0 Å². The zero-order chi connectivity index (χ0) is 33.8. The molecule has 2 aromatic heterocycles. The molecular weight excluding hydrogens is 608 g/mol. The van der Waals surface area contributed by atoms with Gasteiger partial charge < -0.3 is 24.0 Å². The van der Waals surface area contributed by atoms with Crippen molar-refractivity contribution in [2.75, 3.05) is 33.2 Å². The highest BCUT2D eigenvalue weighted by Gasteiger charge is 2.36. The molecule has 6 rings (SSSR count). The Morgan fingerprint density at radius 1 is 0.958 bits per heavy atom. The smallest absolute Gasteiger partial charge is 0.410 e. The van der Waals surface area contributed by atoms with Crippen molar-refractivity contribution >= 4 is 23.0 Å². The van der Waals surface area contributed by atoms with Gasteiger partial charge in [0.15, 0.2) is 5.76 Å². The quantitative estimate of drug-likeness (QED) is 0.249. The summed E-state index contributed by atoms with van der Waals surface area (Å²) in [5.74, 6) is 1.03. The second-order valence-electron chi connectivity index (χ2n) is 14.5. The lowest BCUT2D eigenvalue weighted by molar-refractivity contribution is -0.134. The molecule has 0 bridgehead atoms. The Morgan fingerprint density at radius 3 is 2.42 bits per heavy atom. The van der Waals surface area contributed by atoms with Gasteiger partial charge in [-0.2, -0.15) is 0 Å². The Bertz CT molecular complexity index is 1750. The number of H-pyrrole nitrogens is 1. The highest BCUT2D eigenvalue weighted by atomic mass is 16.6. The van der Waals surface area contributed by atoms with Crippen LogP contribution in [0.4, 0.5) is 4.79 Å². The first-order valence-electron chi connectivity index (χ1n) is 17.1. The van der Waals surface area contributed by atoms with Crippen LogP contribution in [-0.2, 0) is 29.0 Å². The molecule has 2 aliphatic rings.